The SMILES string of the molecule is CC(=O)OCC=C(C)[C@@H]1C(C)=C[C@@H]2C[C@H](O)C[C@H](C)[C@H]2[C@@H]1/C=C/C=C/C(=O)O. The molecule has 2 N–H and O–H groups in total. The summed E-state index contributed by atoms with van der Waals surface area (Å²) < 4.78 is 5.08. The highest BCUT2D eigenvalue weighted by molar-refractivity contribution is 5.80. The second-order valence-electron chi connectivity index (χ2n) is 8.14. The van der Waals surface area contributed by atoms with Gasteiger partial charge in [0.25, 0.3) is 0 Å². The molecule has 2 aliphatic rings. The average Bonchev–Trinajstić information content (AvgIpc) is 2.56. The number of allylic oxidation sites excluding steroid dienone is 6. The quantitative estimate of drug-likeness (QED) is 0.312. The first-order valence-corrected chi connectivity index (χ1v) is 9.94. The molecule has 0 aromatic rings. The van der Waals surface area contributed by atoms with Crippen molar-refractivity contribution < 1.29 is 24.5 Å². The molecule has 28 heavy (non-hydrogen) atoms. The van der Waals surface area contributed by atoms with Crippen molar-refractivity contribution >= 4 is 11.9 Å². The maximum absolute atomic E-state index is 11.1. The van der Waals surface area contributed by atoms with Crippen molar-refractivity contribution in [1.29, 1.82) is 0 Å². The van der Waals surface area contributed by atoms with E-state index in [1.165, 1.54) is 12.5 Å². The second kappa shape index (κ2) is 9.87. The molecule has 6 atom stereocenters. The third-order valence-electron chi connectivity index (χ3n) is 6.00. The molecule has 0 aromatic carbocycles. The van der Waals surface area contributed by atoms with E-state index in [1.807, 2.05) is 12.2 Å². The van der Waals surface area contributed by atoms with Crippen molar-refractivity contribution in [3.63, 3.8) is 0 Å². The van der Waals surface area contributed by atoms with Crippen molar-refractivity contribution in [2.24, 2.45) is 29.6 Å². The average molecular weight is 389 g/mol. The third-order valence-corrected chi connectivity index (χ3v) is 6.00. The fourth-order valence-electron chi connectivity index (χ4n) is 5.04. The Kier molecular flexibility index (Phi) is 7.81. The van der Waals surface area contributed by atoms with Crippen LogP contribution in [0.4, 0.5) is 0 Å². The number of aliphatic hydroxyl groups excluding tert-OH is 1. The van der Waals surface area contributed by atoms with Gasteiger partial charge in [0.2, 0.25) is 0 Å². The van der Waals surface area contributed by atoms with E-state index in [0.29, 0.717) is 17.8 Å². The van der Waals surface area contributed by atoms with E-state index in [9.17, 15) is 14.7 Å². The standard InChI is InChI=1S/C23H32O5/c1-14(9-10-28-17(4)24)22-15(2)11-18-13-19(25)12-16(3)23(18)20(22)7-5-6-8-21(26)27/h5-9,11,16,18-20,22-23,25H,10,12-13H2,1-4H3,(H,26,27)/b7-5+,8-6+,14-9?/t16-,18+,19+,20+,22+,23+/m0/s1. The normalized spacial score (nSPS) is 33.6. The predicted molar refractivity (Wildman–Crippen MR) is 108 cm³/mol. The number of rotatable bonds is 6. The number of carbonyl (C=O) groups excluding carboxylic acids is 1. The summed E-state index contributed by atoms with van der Waals surface area (Å²) >= 11 is 0. The first-order chi connectivity index (χ1) is 13.2. The van der Waals surface area contributed by atoms with Crippen LogP contribution >= 0.6 is 0 Å². The number of hydrogen-bond donors (Lipinski definition) is 2. The van der Waals surface area contributed by atoms with Gasteiger partial charge in [0, 0.05) is 18.9 Å². The highest BCUT2D eigenvalue weighted by atomic mass is 16.5. The molecule has 154 valence electrons. The summed E-state index contributed by atoms with van der Waals surface area (Å²) in [6.07, 6.45) is 12.2. The van der Waals surface area contributed by atoms with Crippen LogP contribution in [0.15, 0.2) is 47.6 Å². The minimum Gasteiger partial charge on any atom is -0.478 e. The first-order valence-electron chi connectivity index (χ1n) is 9.94. The van der Waals surface area contributed by atoms with Crippen LogP contribution in [-0.4, -0.2) is 34.9 Å². The van der Waals surface area contributed by atoms with E-state index in [1.54, 1.807) is 6.08 Å². The lowest BCUT2D eigenvalue weighted by atomic mass is 9.57. The van der Waals surface area contributed by atoms with Gasteiger partial charge < -0.3 is 14.9 Å². The number of carboxylic acid groups (broad SMARTS) is 1. The molecule has 5 nitrogen and oxygen atoms in total. The van der Waals surface area contributed by atoms with Gasteiger partial charge in [0.15, 0.2) is 0 Å². The molecule has 0 amide bonds. The van der Waals surface area contributed by atoms with Crippen LogP contribution in [0.3, 0.4) is 0 Å². The number of carboxylic acids is 1. The van der Waals surface area contributed by atoms with Gasteiger partial charge in [0.05, 0.1) is 6.10 Å². The fourth-order valence-corrected chi connectivity index (χ4v) is 5.04. The molecule has 0 aromatic heterocycles. The summed E-state index contributed by atoms with van der Waals surface area (Å²) in [5, 5.41) is 19.1. The maximum atomic E-state index is 11.1. The predicted octanol–water partition coefficient (Wildman–Crippen LogP) is 3.91. The van der Waals surface area contributed by atoms with Gasteiger partial charge in [-0.3, -0.25) is 4.79 Å². The molecule has 0 saturated heterocycles. The molecule has 1 fully saturated rings. The van der Waals surface area contributed by atoms with E-state index >= 15 is 0 Å². The lowest BCUT2D eigenvalue weighted by Crippen LogP contribution is -2.42. The number of ether oxygens (including phenoxy) is 1. The monoisotopic (exact) mass is 388 g/mol. The smallest absolute Gasteiger partial charge is 0.328 e. The summed E-state index contributed by atoms with van der Waals surface area (Å²) in [6.45, 7) is 8.01. The molecule has 0 radical (unpaired) electrons. The van der Waals surface area contributed by atoms with Crippen molar-refractivity contribution in [1.82, 2.24) is 0 Å². The van der Waals surface area contributed by atoms with Gasteiger partial charge >= 0.3 is 11.9 Å². The number of esters is 1. The van der Waals surface area contributed by atoms with E-state index in [2.05, 4.69) is 32.9 Å². The molecular formula is C23H32O5. The molecular weight excluding hydrogens is 356 g/mol. The zero-order chi connectivity index (χ0) is 20.8. The van der Waals surface area contributed by atoms with Crippen LogP contribution < -0.4 is 0 Å². The molecule has 0 bridgehead atoms. The zero-order valence-electron chi connectivity index (χ0n) is 17.2. The second-order valence-corrected chi connectivity index (χ2v) is 8.14. The molecule has 0 heterocycles. The zero-order valence-corrected chi connectivity index (χ0v) is 17.2. The molecule has 0 spiro atoms. The van der Waals surface area contributed by atoms with E-state index < -0.39 is 5.97 Å². The van der Waals surface area contributed by atoms with Crippen molar-refractivity contribution in [3.8, 4) is 0 Å². The number of aliphatic hydroxyl groups is 1. The largest absolute Gasteiger partial charge is 0.478 e. The number of carbonyl (C=O) groups is 2. The van der Waals surface area contributed by atoms with Gasteiger partial charge in [0.1, 0.15) is 6.61 Å². The van der Waals surface area contributed by atoms with Crippen molar-refractivity contribution in [2.75, 3.05) is 6.61 Å². The highest BCUT2D eigenvalue weighted by Gasteiger charge is 2.44. The van der Waals surface area contributed by atoms with Crippen LogP contribution in [0.1, 0.15) is 40.5 Å². The Labute approximate surface area is 167 Å². The van der Waals surface area contributed by atoms with Gasteiger partial charge in [-0.25, -0.2) is 4.79 Å². The summed E-state index contributed by atoms with van der Waals surface area (Å²) in [5.41, 5.74) is 2.39. The number of hydrogen-bond acceptors (Lipinski definition) is 4. The van der Waals surface area contributed by atoms with E-state index in [0.717, 1.165) is 24.5 Å². The Morgan fingerprint density at radius 1 is 1.25 bits per heavy atom. The topological polar surface area (TPSA) is 83.8 Å². The van der Waals surface area contributed by atoms with Gasteiger partial charge in [-0.15, -0.1) is 0 Å². The maximum Gasteiger partial charge on any atom is 0.328 e. The number of fused-ring (bicyclic) bond motifs is 1. The van der Waals surface area contributed by atoms with Crippen molar-refractivity contribution in [2.45, 2.75) is 46.6 Å². The van der Waals surface area contributed by atoms with E-state index in [-0.39, 0.29) is 30.5 Å². The minimum absolute atomic E-state index is 0.170. The summed E-state index contributed by atoms with van der Waals surface area (Å²) in [6, 6.07) is 0. The Hall–Kier alpha value is -2.14. The van der Waals surface area contributed by atoms with Crippen molar-refractivity contribution in [3.05, 3.63) is 47.6 Å². The molecule has 0 unspecified atom stereocenters. The minimum atomic E-state index is -0.967. The third kappa shape index (κ3) is 5.68. The molecule has 2 rings (SSSR count). The van der Waals surface area contributed by atoms with Crippen LogP contribution in [-0.2, 0) is 14.3 Å². The lowest BCUT2D eigenvalue weighted by Gasteiger charge is -2.48. The summed E-state index contributed by atoms with van der Waals surface area (Å²) in [7, 11) is 0. The Morgan fingerprint density at radius 2 is 1.96 bits per heavy atom. The molecule has 0 aliphatic heterocycles. The van der Waals surface area contributed by atoms with Crippen LogP contribution in [0, 0.1) is 29.6 Å². The van der Waals surface area contributed by atoms with Gasteiger partial charge in [-0.05, 0) is 56.4 Å². The summed E-state index contributed by atoms with van der Waals surface area (Å²) in [5.74, 6) is 0.155. The fraction of sp³-hybridized carbons (Fsp3) is 0.565. The van der Waals surface area contributed by atoms with Crippen LogP contribution in [0.2, 0.25) is 0 Å². The molecule has 5 heteroatoms. The van der Waals surface area contributed by atoms with Crippen LogP contribution in [0.25, 0.3) is 0 Å². The highest BCUT2D eigenvalue weighted by Crippen LogP contribution is 2.50. The Morgan fingerprint density at radius 3 is 2.61 bits per heavy atom. The summed E-state index contributed by atoms with van der Waals surface area (Å²) in [4.78, 5) is 21.8. The lowest BCUT2D eigenvalue weighted by molar-refractivity contribution is -0.139. The van der Waals surface area contributed by atoms with Gasteiger partial charge in [-0.1, -0.05) is 42.4 Å². The van der Waals surface area contributed by atoms with E-state index in [4.69, 9.17) is 9.84 Å². The first kappa shape index (κ1) is 22.2. The van der Waals surface area contributed by atoms with Gasteiger partial charge in [-0.2, -0.15) is 0 Å². The number of aliphatic carboxylic acids is 1. The Bertz CT molecular complexity index is 700. The molecule has 2 aliphatic carbocycles. The molecule has 1 saturated carbocycles. The Balaban J connectivity index is 2.36. The van der Waals surface area contributed by atoms with Crippen LogP contribution in [0.5, 0.6) is 0 Å².